The van der Waals surface area contributed by atoms with Gasteiger partial charge in [-0.1, -0.05) is 91.0 Å². The molecule has 0 unspecified atom stereocenters. The molecule has 172 valence electrons. The largest absolute Gasteiger partial charge is 0.481 e. The molecular weight excluding hydrogens is 418 g/mol. The van der Waals surface area contributed by atoms with Gasteiger partial charge in [0.25, 0.3) is 0 Å². The summed E-state index contributed by atoms with van der Waals surface area (Å²) in [5.41, 5.74) is 1.51. The van der Waals surface area contributed by atoms with Crippen molar-refractivity contribution in [3.63, 3.8) is 0 Å². The quantitative estimate of drug-likeness (QED) is 0.314. The zero-order valence-electron chi connectivity index (χ0n) is 18.3. The number of benzene rings is 3. The number of hydrogen-bond donors (Lipinski definition) is 4. The van der Waals surface area contributed by atoms with E-state index in [1.165, 1.54) is 0 Å². The molecule has 3 rings (SSSR count). The normalized spacial score (nSPS) is 13.2. The molecule has 0 bridgehead atoms. The van der Waals surface area contributed by atoms with Crippen LogP contribution in [0, 0.1) is 5.92 Å². The maximum Gasteiger partial charge on any atom is 0.320 e. The van der Waals surface area contributed by atoms with Gasteiger partial charge in [0.05, 0.1) is 11.5 Å². The predicted molar refractivity (Wildman–Crippen MR) is 126 cm³/mol. The molecular formula is C27H29NO5. The Morgan fingerprint density at radius 1 is 0.727 bits per heavy atom. The van der Waals surface area contributed by atoms with Crippen molar-refractivity contribution in [1.29, 1.82) is 0 Å². The van der Waals surface area contributed by atoms with Gasteiger partial charge in [-0.05, 0) is 36.0 Å². The highest BCUT2D eigenvalue weighted by Gasteiger charge is 2.40. The van der Waals surface area contributed by atoms with Crippen molar-refractivity contribution in [2.75, 3.05) is 6.61 Å². The van der Waals surface area contributed by atoms with E-state index < -0.39 is 29.4 Å². The fourth-order valence-corrected chi connectivity index (χ4v) is 4.26. The van der Waals surface area contributed by atoms with Crippen molar-refractivity contribution in [1.82, 2.24) is 5.32 Å². The van der Waals surface area contributed by atoms with E-state index in [0.29, 0.717) is 6.42 Å². The molecule has 0 saturated carbocycles. The lowest BCUT2D eigenvalue weighted by atomic mass is 9.76. The molecule has 0 aliphatic rings. The first kappa shape index (κ1) is 24.2. The van der Waals surface area contributed by atoms with E-state index in [1.54, 1.807) is 0 Å². The number of carboxylic acid groups (broad SMARTS) is 2. The van der Waals surface area contributed by atoms with Gasteiger partial charge < -0.3 is 15.3 Å². The monoisotopic (exact) mass is 447 g/mol. The average Bonchev–Trinajstić information content (AvgIpc) is 2.85. The van der Waals surface area contributed by atoms with Gasteiger partial charge in [0.15, 0.2) is 0 Å². The third-order valence-corrected chi connectivity index (χ3v) is 5.89. The first-order chi connectivity index (χ1) is 16.0. The molecule has 0 radical (unpaired) electrons. The zero-order valence-corrected chi connectivity index (χ0v) is 18.3. The van der Waals surface area contributed by atoms with Crippen LogP contribution in [0.1, 0.15) is 36.0 Å². The maximum absolute atomic E-state index is 12.4. The van der Waals surface area contributed by atoms with E-state index >= 15 is 0 Å². The summed E-state index contributed by atoms with van der Waals surface area (Å²) in [6.07, 6.45) is 0.385. The fraction of sp³-hybridized carbons (Fsp3) is 0.259. The predicted octanol–water partition coefficient (Wildman–Crippen LogP) is 3.88. The molecule has 0 heterocycles. The van der Waals surface area contributed by atoms with Gasteiger partial charge in [0.1, 0.15) is 6.04 Å². The highest BCUT2D eigenvalue weighted by Crippen LogP contribution is 2.37. The molecule has 6 heteroatoms. The lowest BCUT2D eigenvalue weighted by Crippen LogP contribution is -2.53. The lowest BCUT2D eigenvalue weighted by molar-refractivity contribution is -0.144. The minimum atomic E-state index is -1.15. The van der Waals surface area contributed by atoms with Crippen molar-refractivity contribution in [3.8, 4) is 0 Å². The molecule has 0 spiro atoms. The molecule has 0 aliphatic carbocycles. The van der Waals surface area contributed by atoms with Gasteiger partial charge >= 0.3 is 11.9 Å². The Hall–Kier alpha value is -3.48. The Labute approximate surface area is 193 Å². The average molecular weight is 448 g/mol. The fourth-order valence-electron chi connectivity index (χ4n) is 4.26. The first-order valence-corrected chi connectivity index (χ1v) is 11.0. The number of aliphatic carboxylic acids is 2. The van der Waals surface area contributed by atoms with Crippen molar-refractivity contribution < 1.29 is 24.9 Å². The summed E-state index contributed by atoms with van der Waals surface area (Å²) in [6.45, 7) is -0.142. The number of hydrogen-bond acceptors (Lipinski definition) is 4. The van der Waals surface area contributed by atoms with Crippen LogP contribution in [0.25, 0.3) is 0 Å². The van der Waals surface area contributed by atoms with Gasteiger partial charge in [-0.25, -0.2) is 0 Å². The van der Waals surface area contributed by atoms with Crippen LogP contribution in [-0.4, -0.2) is 39.9 Å². The molecule has 6 nitrogen and oxygen atoms in total. The van der Waals surface area contributed by atoms with Crippen molar-refractivity contribution in [3.05, 3.63) is 108 Å². The standard InChI is InChI=1S/C27H29NO5/c29-18-10-11-20(25(30)31)19-24(26(32)33)28-27(21-12-4-1-5-13-21,22-14-6-2-7-15-22)23-16-8-3-9-17-23/h1-9,12-17,20,24,28-29H,10-11,18-19H2,(H,30,31)(H,32,33)/t20-,24-/m1/s1. The van der Waals surface area contributed by atoms with E-state index in [2.05, 4.69) is 5.32 Å². The summed E-state index contributed by atoms with van der Waals surface area (Å²) in [5, 5.41) is 32.3. The maximum atomic E-state index is 12.4. The Bertz CT molecular complexity index is 927. The number of rotatable bonds is 12. The number of nitrogens with one attached hydrogen (secondary N) is 1. The Kier molecular flexibility index (Phi) is 8.35. The zero-order chi connectivity index (χ0) is 23.7. The van der Waals surface area contributed by atoms with Crippen molar-refractivity contribution in [2.24, 2.45) is 5.92 Å². The summed E-state index contributed by atoms with van der Waals surface area (Å²) in [6, 6.07) is 27.5. The summed E-state index contributed by atoms with van der Waals surface area (Å²) in [7, 11) is 0. The summed E-state index contributed by atoms with van der Waals surface area (Å²) >= 11 is 0. The first-order valence-electron chi connectivity index (χ1n) is 11.0. The molecule has 0 aliphatic heterocycles. The minimum absolute atomic E-state index is 0.112. The van der Waals surface area contributed by atoms with Crippen LogP contribution >= 0.6 is 0 Å². The number of aliphatic hydroxyl groups is 1. The smallest absolute Gasteiger partial charge is 0.320 e. The van der Waals surface area contributed by atoms with E-state index in [0.717, 1.165) is 16.7 Å². The van der Waals surface area contributed by atoms with Crippen molar-refractivity contribution >= 4 is 11.9 Å². The molecule has 2 atom stereocenters. The van der Waals surface area contributed by atoms with E-state index in [4.69, 9.17) is 5.11 Å². The third-order valence-electron chi connectivity index (χ3n) is 5.89. The van der Waals surface area contributed by atoms with Gasteiger partial charge in [0.2, 0.25) is 0 Å². The molecule has 0 fully saturated rings. The van der Waals surface area contributed by atoms with E-state index in [-0.39, 0.29) is 19.4 Å². The molecule has 3 aromatic rings. The van der Waals surface area contributed by atoms with Crippen molar-refractivity contribution in [2.45, 2.75) is 30.8 Å². The molecule has 4 N–H and O–H groups in total. The molecule has 0 aromatic heterocycles. The minimum Gasteiger partial charge on any atom is -0.481 e. The highest BCUT2D eigenvalue weighted by molar-refractivity contribution is 5.76. The van der Waals surface area contributed by atoms with Crippen LogP contribution in [0.15, 0.2) is 91.0 Å². The number of aliphatic hydroxyl groups excluding tert-OH is 1. The second-order valence-electron chi connectivity index (χ2n) is 8.02. The molecule has 3 aromatic carbocycles. The Balaban J connectivity index is 2.16. The lowest BCUT2D eigenvalue weighted by Gasteiger charge is -2.39. The summed E-state index contributed by atoms with van der Waals surface area (Å²) in [4.78, 5) is 24.2. The number of carbonyl (C=O) groups is 2. The summed E-state index contributed by atoms with van der Waals surface area (Å²) in [5.74, 6) is -3.09. The van der Waals surface area contributed by atoms with Crippen LogP contribution in [-0.2, 0) is 15.1 Å². The number of carboxylic acids is 2. The second-order valence-corrected chi connectivity index (χ2v) is 8.02. The molecule has 33 heavy (non-hydrogen) atoms. The topological polar surface area (TPSA) is 107 Å². The molecule has 0 amide bonds. The SMILES string of the molecule is O=C(O)[C@H](CCCO)C[C@@H](NC(c1ccccc1)(c1ccccc1)c1ccccc1)C(=O)O. The second kappa shape index (κ2) is 11.4. The van der Waals surface area contributed by atoms with Crippen LogP contribution < -0.4 is 5.32 Å². The highest BCUT2D eigenvalue weighted by atomic mass is 16.4. The summed E-state index contributed by atoms with van der Waals surface area (Å²) < 4.78 is 0. The third kappa shape index (κ3) is 5.66. The van der Waals surface area contributed by atoms with Gasteiger partial charge in [-0.2, -0.15) is 0 Å². The van der Waals surface area contributed by atoms with Crippen LogP contribution in [0.4, 0.5) is 0 Å². The van der Waals surface area contributed by atoms with Crippen LogP contribution in [0.5, 0.6) is 0 Å². The Morgan fingerprint density at radius 3 is 1.48 bits per heavy atom. The molecule has 0 saturated heterocycles. The van der Waals surface area contributed by atoms with Crippen LogP contribution in [0.3, 0.4) is 0 Å². The van der Waals surface area contributed by atoms with Gasteiger partial charge in [0, 0.05) is 6.61 Å². The van der Waals surface area contributed by atoms with Gasteiger partial charge in [-0.3, -0.25) is 14.9 Å². The van der Waals surface area contributed by atoms with Gasteiger partial charge in [-0.15, -0.1) is 0 Å². The van der Waals surface area contributed by atoms with Crippen LogP contribution in [0.2, 0.25) is 0 Å². The Morgan fingerprint density at radius 2 is 1.15 bits per heavy atom. The van der Waals surface area contributed by atoms with E-state index in [1.807, 2.05) is 91.0 Å². The van der Waals surface area contributed by atoms with E-state index in [9.17, 15) is 19.8 Å².